The normalized spacial score (nSPS) is 16.8. The van der Waals surface area contributed by atoms with Crippen molar-refractivity contribution in [2.45, 2.75) is 19.4 Å². The van der Waals surface area contributed by atoms with E-state index in [0.29, 0.717) is 36.6 Å². The molecule has 2 rings (SSSR count). The highest BCUT2D eigenvalue weighted by Gasteiger charge is 2.40. The van der Waals surface area contributed by atoms with Gasteiger partial charge in [-0.3, -0.25) is 14.9 Å². The van der Waals surface area contributed by atoms with Crippen LogP contribution in [0.5, 0.6) is 0 Å². The van der Waals surface area contributed by atoms with E-state index in [9.17, 15) is 14.9 Å². The van der Waals surface area contributed by atoms with E-state index in [1.807, 2.05) is 0 Å². The fraction of sp³-hybridized carbons (Fsp3) is 0.533. The maximum absolute atomic E-state index is 12.8. The van der Waals surface area contributed by atoms with Gasteiger partial charge in [-0.25, -0.2) is 0 Å². The minimum atomic E-state index is -0.625. The van der Waals surface area contributed by atoms with Gasteiger partial charge >= 0.3 is 0 Å². The summed E-state index contributed by atoms with van der Waals surface area (Å²) < 4.78 is 5.31. The third-order valence-corrected chi connectivity index (χ3v) is 4.66. The number of hydrogen-bond acceptors (Lipinski definition) is 5. The maximum atomic E-state index is 12.8. The van der Waals surface area contributed by atoms with Crippen LogP contribution in [-0.4, -0.2) is 42.5 Å². The van der Waals surface area contributed by atoms with Crippen LogP contribution in [0.25, 0.3) is 0 Å². The summed E-state index contributed by atoms with van der Waals surface area (Å²) >= 11 is 6.10. The molecule has 0 saturated carbocycles. The number of nitrogens with two attached hydrogens (primary N) is 1. The molecule has 1 aromatic rings. The van der Waals surface area contributed by atoms with Crippen molar-refractivity contribution in [3.63, 3.8) is 0 Å². The molecule has 0 radical (unpaired) electrons. The van der Waals surface area contributed by atoms with Crippen molar-refractivity contribution >= 4 is 23.2 Å². The second-order valence-electron chi connectivity index (χ2n) is 5.79. The molecule has 0 unspecified atom stereocenters. The maximum Gasteiger partial charge on any atom is 0.269 e. The van der Waals surface area contributed by atoms with Crippen LogP contribution in [-0.2, 0) is 16.1 Å². The minimum absolute atomic E-state index is 0.0511. The molecule has 7 nitrogen and oxygen atoms in total. The Morgan fingerprint density at radius 1 is 1.48 bits per heavy atom. The number of hydrogen-bond donors (Lipinski definition) is 1. The lowest BCUT2D eigenvalue weighted by molar-refractivity contribution is -0.384. The van der Waals surface area contributed by atoms with Crippen LogP contribution in [0.2, 0.25) is 5.02 Å². The SMILES string of the molecule is CN(Cc1cc([N+](=O)[O-])ccc1Cl)C(=O)C1(CN)CCOCC1. The number of ether oxygens (including phenoxy) is 1. The molecule has 8 heteroatoms. The van der Waals surface area contributed by atoms with Crippen LogP contribution in [0.15, 0.2) is 18.2 Å². The Hall–Kier alpha value is -1.70. The summed E-state index contributed by atoms with van der Waals surface area (Å²) in [6.07, 6.45) is 1.16. The zero-order chi connectivity index (χ0) is 17.0. The highest BCUT2D eigenvalue weighted by molar-refractivity contribution is 6.31. The predicted octanol–water partition coefficient (Wildman–Crippen LogP) is 1.96. The van der Waals surface area contributed by atoms with E-state index in [1.165, 1.54) is 23.1 Å². The van der Waals surface area contributed by atoms with Gasteiger partial charge < -0.3 is 15.4 Å². The molecule has 0 spiro atoms. The number of halogens is 1. The first-order valence-corrected chi connectivity index (χ1v) is 7.73. The molecule has 0 aromatic heterocycles. The molecule has 126 valence electrons. The highest BCUT2D eigenvalue weighted by atomic mass is 35.5. The lowest BCUT2D eigenvalue weighted by Gasteiger charge is -2.37. The fourth-order valence-corrected chi connectivity index (χ4v) is 2.97. The second-order valence-corrected chi connectivity index (χ2v) is 6.20. The number of non-ortho nitro benzene ring substituents is 1. The zero-order valence-electron chi connectivity index (χ0n) is 13.0. The fourth-order valence-electron chi connectivity index (χ4n) is 2.80. The van der Waals surface area contributed by atoms with E-state index in [-0.39, 0.29) is 24.7 Å². The predicted molar refractivity (Wildman–Crippen MR) is 86.1 cm³/mol. The van der Waals surface area contributed by atoms with Gasteiger partial charge in [0.15, 0.2) is 0 Å². The molecule has 1 fully saturated rings. The molecular formula is C15H20ClN3O4. The average molecular weight is 342 g/mol. The number of amides is 1. The third kappa shape index (κ3) is 3.80. The largest absolute Gasteiger partial charge is 0.381 e. The van der Waals surface area contributed by atoms with E-state index < -0.39 is 10.3 Å². The Morgan fingerprint density at radius 2 is 2.13 bits per heavy atom. The monoisotopic (exact) mass is 341 g/mol. The molecule has 1 aliphatic heterocycles. The first-order chi connectivity index (χ1) is 10.9. The molecule has 0 bridgehead atoms. The Balaban J connectivity index is 2.17. The zero-order valence-corrected chi connectivity index (χ0v) is 13.7. The smallest absolute Gasteiger partial charge is 0.269 e. The van der Waals surface area contributed by atoms with Gasteiger partial charge in [0.25, 0.3) is 5.69 Å². The van der Waals surface area contributed by atoms with Gasteiger partial charge in [-0.1, -0.05) is 11.6 Å². The summed E-state index contributed by atoms with van der Waals surface area (Å²) in [5.41, 5.74) is 5.71. The van der Waals surface area contributed by atoms with Gasteiger partial charge in [0.2, 0.25) is 5.91 Å². The first-order valence-electron chi connectivity index (χ1n) is 7.36. The number of benzene rings is 1. The van der Waals surface area contributed by atoms with Crippen LogP contribution in [0.1, 0.15) is 18.4 Å². The van der Waals surface area contributed by atoms with Crippen molar-refractivity contribution in [3.05, 3.63) is 38.9 Å². The number of rotatable bonds is 5. The van der Waals surface area contributed by atoms with Crippen LogP contribution >= 0.6 is 11.6 Å². The summed E-state index contributed by atoms with van der Waals surface area (Å²) in [6, 6.07) is 4.21. The van der Waals surface area contributed by atoms with Crippen molar-refractivity contribution < 1.29 is 14.5 Å². The number of nitro benzene ring substituents is 1. The molecule has 1 heterocycles. The van der Waals surface area contributed by atoms with Crippen molar-refractivity contribution in [3.8, 4) is 0 Å². The number of nitrogens with zero attached hydrogens (tertiary/aromatic N) is 2. The van der Waals surface area contributed by atoms with E-state index >= 15 is 0 Å². The van der Waals surface area contributed by atoms with Crippen LogP contribution in [0.4, 0.5) is 5.69 Å². The summed E-state index contributed by atoms with van der Waals surface area (Å²) in [4.78, 5) is 24.7. The first kappa shape index (κ1) is 17.7. The Labute approximate surface area is 139 Å². The molecule has 0 aliphatic carbocycles. The van der Waals surface area contributed by atoms with Gasteiger partial charge in [0.05, 0.1) is 10.3 Å². The van der Waals surface area contributed by atoms with Crippen LogP contribution in [0, 0.1) is 15.5 Å². The van der Waals surface area contributed by atoms with E-state index in [1.54, 1.807) is 7.05 Å². The Kier molecular flexibility index (Phi) is 5.56. The van der Waals surface area contributed by atoms with E-state index in [4.69, 9.17) is 22.1 Å². The Bertz CT molecular complexity index is 602. The lowest BCUT2D eigenvalue weighted by atomic mass is 9.79. The van der Waals surface area contributed by atoms with Gasteiger partial charge in [0.1, 0.15) is 0 Å². The van der Waals surface area contributed by atoms with Crippen molar-refractivity contribution in [1.29, 1.82) is 0 Å². The van der Waals surface area contributed by atoms with E-state index in [0.717, 1.165) is 0 Å². The molecule has 1 amide bonds. The molecule has 23 heavy (non-hydrogen) atoms. The standard InChI is InChI=1S/C15H20ClN3O4/c1-18(14(20)15(10-17)4-6-23-7-5-15)9-11-8-12(19(21)22)2-3-13(11)16/h2-3,8H,4-7,9-10,17H2,1H3. The summed E-state index contributed by atoms with van der Waals surface area (Å²) in [5, 5.41) is 11.3. The number of carbonyl (C=O) groups excluding carboxylic acids is 1. The molecule has 2 N–H and O–H groups in total. The van der Waals surface area contributed by atoms with Crippen molar-refractivity contribution in [2.75, 3.05) is 26.8 Å². The third-order valence-electron chi connectivity index (χ3n) is 4.29. The average Bonchev–Trinajstić information content (AvgIpc) is 2.56. The topological polar surface area (TPSA) is 98.7 Å². The lowest BCUT2D eigenvalue weighted by Crippen LogP contribution is -2.49. The van der Waals surface area contributed by atoms with E-state index in [2.05, 4.69) is 0 Å². The number of nitro groups is 1. The number of carbonyl (C=O) groups is 1. The van der Waals surface area contributed by atoms with Crippen LogP contribution in [0.3, 0.4) is 0 Å². The molecular weight excluding hydrogens is 322 g/mol. The molecule has 1 aliphatic rings. The molecule has 1 saturated heterocycles. The van der Waals surface area contributed by atoms with Gasteiger partial charge in [-0.15, -0.1) is 0 Å². The van der Waals surface area contributed by atoms with Crippen molar-refractivity contribution in [1.82, 2.24) is 4.90 Å². The molecule has 1 aromatic carbocycles. The minimum Gasteiger partial charge on any atom is -0.381 e. The Morgan fingerprint density at radius 3 is 2.70 bits per heavy atom. The highest BCUT2D eigenvalue weighted by Crippen LogP contribution is 2.32. The summed E-state index contributed by atoms with van der Waals surface area (Å²) in [6.45, 7) is 1.47. The second kappa shape index (κ2) is 7.25. The summed E-state index contributed by atoms with van der Waals surface area (Å²) in [7, 11) is 1.66. The summed E-state index contributed by atoms with van der Waals surface area (Å²) in [5.74, 6) is -0.0779. The van der Waals surface area contributed by atoms with Crippen molar-refractivity contribution in [2.24, 2.45) is 11.1 Å². The van der Waals surface area contributed by atoms with Crippen LogP contribution < -0.4 is 5.73 Å². The van der Waals surface area contributed by atoms with Gasteiger partial charge in [0, 0.05) is 50.5 Å². The van der Waals surface area contributed by atoms with Gasteiger partial charge in [-0.05, 0) is 24.5 Å². The quantitative estimate of drug-likeness (QED) is 0.652. The molecule has 0 atom stereocenters. The van der Waals surface area contributed by atoms with Gasteiger partial charge in [-0.2, -0.15) is 0 Å².